The number of rotatable bonds is 2. The zero-order valence-corrected chi connectivity index (χ0v) is 8.85. The third kappa shape index (κ3) is 1.95. The first kappa shape index (κ1) is 12.7. The molecule has 4 nitrogen and oxygen atoms in total. The maximum Gasteiger partial charge on any atom is 0.0766 e. The molecule has 0 atom stereocenters. The number of halogens is 2. The van der Waals surface area contributed by atoms with Crippen molar-refractivity contribution in [2.75, 3.05) is 6.54 Å². The first-order chi connectivity index (χ1) is 5.37. The van der Waals surface area contributed by atoms with Crippen molar-refractivity contribution in [1.29, 1.82) is 0 Å². The maximum absolute atomic E-state index is 5.67. The summed E-state index contributed by atoms with van der Waals surface area (Å²) in [5.74, 6) is 0. The molecule has 1 aliphatic carbocycles. The molecule has 2 rings (SSSR count). The standard InChI is InChI=1S/C7H12N4.2ClH/c8-6-7(2-1-3-7)11-5-4-9-10-11;;/h4-5H,1-3,6,8H2;2*1H. The van der Waals surface area contributed by atoms with E-state index in [-0.39, 0.29) is 30.4 Å². The molecule has 2 N–H and O–H groups in total. The summed E-state index contributed by atoms with van der Waals surface area (Å²) in [6, 6.07) is 0. The van der Waals surface area contributed by atoms with E-state index < -0.39 is 0 Å². The Labute approximate surface area is 89.7 Å². The minimum atomic E-state index is 0. The van der Waals surface area contributed by atoms with Crippen LogP contribution in [0.25, 0.3) is 0 Å². The number of hydrogen-bond donors (Lipinski definition) is 1. The second-order valence-electron chi connectivity index (χ2n) is 3.13. The molecule has 1 saturated carbocycles. The van der Waals surface area contributed by atoms with Gasteiger partial charge in [-0.3, -0.25) is 0 Å². The van der Waals surface area contributed by atoms with Crippen LogP contribution >= 0.6 is 24.8 Å². The summed E-state index contributed by atoms with van der Waals surface area (Å²) in [6.45, 7) is 0.677. The Balaban J connectivity index is 0.000000720. The lowest BCUT2D eigenvalue weighted by Crippen LogP contribution is -2.47. The van der Waals surface area contributed by atoms with Gasteiger partial charge in [0.25, 0.3) is 0 Å². The van der Waals surface area contributed by atoms with Crippen LogP contribution in [0.1, 0.15) is 19.3 Å². The molecule has 6 heteroatoms. The number of hydrogen-bond acceptors (Lipinski definition) is 3. The van der Waals surface area contributed by atoms with Gasteiger partial charge < -0.3 is 5.73 Å². The molecule has 76 valence electrons. The van der Waals surface area contributed by atoms with E-state index in [9.17, 15) is 0 Å². The molecule has 0 bridgehead atoms. The zero-order chi connectivity index (χ0) is 7.73. The summed E-state index contributed by atoms with van der Waals surface area (Å²) in [6.07, 6.45) is 7.15. The predicted molar refractivity (Wildman–Crippen MR) is 55.4 cm³/mol. The maximum atomic E-state index is 5.67. The molecule has 1 fully saturated rings. The van der Waals surface area contributed by atoms with Crippen molar-refractivity contribution in [3.63, 3.8) is 0 Å². The summed E-state index contributed by atoms with van der Waals surface area (Å²) in [5.41, 5.74) is 5.78. The topological polar surface area (TPSA) is 56.7 Å². The Bertz CT molecular complexity index is 227. The largest absolute Gasteiger partial charge is 0.328 e. The second kappa shape index (κ2) is 4.79. The fourth-order valence-corrected chi connectivity index (χ4v) is 1.57. The van der Waals surface area contributed by atoms with Crippen LogP contribution in [-0.4, -0.2) is 21.5 Å². The van der Waals surface area contributed by atoms with Crippen molar-refractivity contribution in [3.8, 4) is 0 Å². The van der Waals surface area contributed by atoms with Crippen molar-refractivity contribution in [3.05, 3.63) is 12.4 Å². The zero-order valence-electron chi connectivity index (χ0n) is 7.22. The van der Waals surface area contributed by atoms with Crippen LogP contribution in [0, 0.1) is 0 Å². The Morgan fingerprint density at radius 2 is 2.08 bits per heavy atom. The average molecular weight is 225 g/mol. The van der Waals surface area contributed by atoms with Gasteiger partial charge in [-0.2, -0.15) is 0 Å². The van der Waals surface area contributed by atoms with E-state index in [2.05, 4.69) is 10.3 Å². The number of nitrogens with zero attached hydrogens (tertiary/aromatic N) is 3. The van der Waals surface area contributed by atoms with Crippen LogP contribution in [0.3, 0.4) is 0 Å². The minimum absolute atomic E-state index is 0. The molecule has 1 aliphatic rings. The molecule has 13 heavy (non-hydrogen) atoms. The third-order valence-electron chi connectivity index (χ3n) is 2.57. The highest BCUT2D eigenvalue weighted by Gasteiger charge is 2.38. The molecule has 0 radical (unpaired) electrons. The van der Waals surface area contributed by atoms with Crippen molar-refractivity contribution in [2.24, 2.45) is 5.73 Å². The SMILES string of the molecule is Cl.Cl.NCC1(n2ccnn2)CCC1. The van der Waals surface area contributed by atoms with Gasteiger partial charge in [-0.15, -0.1) is 29.9 Å². The van der Waals surface area contributed by atoms with E-state index in [1.807, 2.05) is 10.9 Å². The quantitative estimate of drug-likeness (QED) is 0.815. The summed E-state index contributed by atoms with van der Waals surface area (Å²) < 4.78 is 1.90. The van der Waals surface area contributed by atoms with Gasteiger partial charge in [-0.25, -0.2) is 4.68 Å². The molecule has 0 aromatic carbocycles. The van der Waals surface area contributed by atoms with E-state index >= 15 is 0 Å². The number of aromatic nitrogens is 3. The lowest BCUT2D eigenvalue weighted by molar-refractivity contribution is 0.132. The van der Waals surface area contributed by atoms with Gasteiger partial charge in [0.15, 0.2) is 0 Å². The van der Waals surface area contributed by atoms with Crippen LogP contribution in [0.15, 0.2) is 12.4 Å². The summed E-state index contributed by atoms with van der Waals surface area (Å²) in [7, 11) is 0. The predicted octanol–water partition coefficient (Wildman–Crippen LogP) is 0.960. The molecule has 0 saturated heterocycles. The molecule has 1 aromatic rings. The van der Waals surface area contributed by atoms with Gasteiger partial charge in [-0.05, 0) is 19.3 Å². The summed E-state index contributed by atoms with van der Waals surface area (Å²) in [5, 5.41) is 7.74. The van der Waals surface area contributed by atoms with E-state index in [0.29, 0.717) is 6.54 Å². The Morgan fingerprint density at radius 1 is 1.38 bits per heavy atom. The van der Waals surface area contributed by atoms with E-state index in [0.717, 1.165) is 12.8 Å². The minimum Gasteiger partial charge on any atom is -0.328 e. The first-order valence-corrected chi connectivity index (χ1v) is 3.94. The molecule has 1 heterocycles. The fourth-order valence-electron chi connectivity index (χ4n) is 1.57. The number of nitrogens with two attached hydrogens (primary N) is 1. The van der Waals surface area contributed by atoms with E-state index in [4.69, 9.17) is 5.73 Å². The molecular formula is C7H14Cl2N4. The normalized spacial score (nSPS) is 17.9. The highest BCUT2D eigenvalue weighted by Crippen LogP contribution is 2.37. The monoisotopic (exact) mass is 224 g/mol. The summed E-state index contributed by atoms with van der Waals surface area (Å²) in [4.78, 5) is 0. The molecule has 0 amide bonds. The highest BCUT2D eigenvalue weighted by atomic mass is 35.5. The van der Waals surface area contributed by atoms with E-state index in [1.165, 1.54) is 6.42 Å². The van der Waals surface area contributed by atoms with Crippen molar-refractivity contribution < 1.29 is 0 Å². The molecule has 1 aromatic heterocycles. The Kier molecular flexibility index (Phi) is 4.67. The lowest BCUT2D eigenvalue weighted by atomic mass is 9.77. The fraction of sp³-hybridized carbons (Fsp3) is 0.714. The van der Waals surface area contributed by atoms with Gasteiger partial charge >= 0.3 is 0 Å². The molecule has 0 aliphatic heterocycles. The van der Waals surface area contributed by atoms with Crippen LogP contribution in [0.4, 0.5) is 0 Å². The van der Waals surface area contributed by atoms with Crippen molar-refractivity contribution in [1.82, 2.24) is 15.0 Å². The van der Waals surface area contributed by atoms with Gasteiger partial charge in [-0.1, -0.05) is 5.21 Å². The third-order valence-corrected chi connectivity index (χ3v) is 2.57. The summed E-state index contributed by atoms with van der Waals surface area (Å²) >= 11 is 0. The van der Waals surface area contributed by atoms with Crippen LogP contribution in [0.5, 0.6) is 0 Å². The molecular weight excluding hydrogens is 211 g/mol. The van der Waals surface area contributed by atoms with Crippen molar-refractivity contribution in [2.45, 2.75) is 24.8 Å². The van der Waals surface area contributed by atoms with E-state index in [1.54, 1.807) is 6.20 Å². The van der Waals surface area contributed by atoms with Crippen LogP contribution in [0.2, 0.25) is 0 Å². The van der Waals surface area contributed by atoms with Crippen LogP contribution < -0.4 is 5.73 Å². The Morgan fingerprint density at radius 3 is 2.38 bits per heavy atom. The van der Waals surface area contributed by atoms with Gasteiger partial charge in [0.2, 0.25) is 0 Å². The van der Waals surface area contributed by atoms with Gasteiger partial charge in [0.1, 0.15) is 0 Å². The lowest BCUT2D eigenvalue weighted by Gasteiger charge is -2.40. The van der Waals surface area contributed by atoms with Crippen molar-refractivity contribution >= 4 is 24.8 Å². The smallest absolute Gasteiger partial charge is 0.0766 e. The first-order valence-electron chi connectivity index (χ1n) is 3.94. The van der Waals surface area contributed by atoms with Gasteiger partial charge in [0.05, 0.1) is 11.7 Å². The van der Waals surface area contributed by atoms with Crippen LogP contribution in [-0.2, 0) is 5.54 Å². The average Bonchev–Trinajstić information content (AvgIpc) is 2.39. The second-order valence-corrected chi connectivity index (χ2v) is 3.13. The Hall–Kier alpha value is -0.320. The van der Waals surface area contributed by atoms with Gasteiger partial charge in [0, 0.05) is 12.7 Å². The highest BCUT2D eigenvalue weighted by molar-refractivity contribution is 5.85. The molecule has 0 spiro atoms. The molecule has 0 unspecified atom stereocenters.